The topological polar surface area (TPSA) is 55.4 Å². The van der Waals surface area contributed by atoms with Crippen molar-refractivity contribution in [2.75, 3.05) is 6.61 Å². The molecule has 0 aromatic heterocycles. The molecule has 120 valence electrons. The summed E-state index contributed by atoms with van der Waals surface area (Å²) >= 11 is 0. The van der Waals surface area contributed by atoms with E-state index in [4.69, 9.17) is 4.74 Å². The molecule has 1 aliphatic heterocycles. The molecule has 0 spiro atoms. The highest BCUT2D eigenvalue weighted by Crippen LogP contribution is 2.47. The zero-order chi connectivity index (χ0) is 15.3. The van der Waals surface area contributed by atoms with Crippen LogP contribution in [0.5, 0.6) is 0 Å². The fraction of sp³-hybridized carbons (Fsp3) is 0.647. The quantitative estimate of drug-likeness (QED) is 0.931. The maximum absolute atomic E-state index is 12.7. The van der Waals surface area contributed by atoms with Crippen LogP contribution >= 0.6 is 0 Å². The molecule has 4 atom stereocenters. The number of benzene rings is 1. The summed E-state index contributed by atoms with van der Waals surface area (Å²) in [6.45, 7) is 2.40. The number of ether oxygens (including phenoxy) is 1. The van der Waals surface area contributed by atoms with Crippen LogP contribution in [0.2, 0.25) is 0 Å². The lowest BCUT2D eigenvalue weighted by atomic mass is 9.84. The highest BCUT2D eigenvalue weighted by Gasteiger charge is 2.41. The van der Waals surface area contributed by atoms with Crippen LogP contribution in [-0.4, -0.2) is 26.4 Å². The van der Waals surface area contributed by atoms with Crippen LogP contribution in [0.3, 0.4) is 0 Å². The van der Waals surface area contributed by atoms with Crippen molar-refractivity contribution in [2.24, 2.45) is 0 Å². The maximum Gasteiger partial charge on any atom is 0.217 e. The van der Waals surface area contributed by atoms with E-state index in [2.05, 4.69) is 22.9 Å². The third-order valence-corrected chi connectivity index (χ3v) is 7.57. The molecule has 1 saturated heterocycles. The number of sulfonamides is 1. The van der Waals surface area contributed by atoms with Crippen molar-refractivity contribution >= 4 is 10.0 Å². The van der Waals surface area contributed by atoms with E-state index in [1.165, 1.54) is 29.5 Å². The van der Waals surface area contributed by atoms with Crippen LogP contribution in [0.15, 0.2) is 18.2 Å². The van der Waals surface area contributed by atoms with E-state index in [1.807, 2.05) is 6.92 Å². The molecule has 1 N–H and O–H groups in total. The van der Waals surface area contributed by atoms with Gasteiger partial charge in [0.05, 0.1) is 6.10 Å². The van der Waals surface area contributed by atoms with Crippen LogP contribution in [-0.2, 0) is 21.2 Å². The lowest BCUT2D eigenvalue weighted by Crippen LogP contribution is -2.39. The molecule has 3 aliphatic rings. The summed E-state index contributed by atoms with van der Waals surface area (Å²) in [7, 11) is -3.33. The molecular weight excluding hydrogens is 298 g/mol. The van der Waals surface area contributed by atoms with Gasteiger partial charge in [0.25, 0.3) is 0 Å². The molecule has 4 unspecified atom stereocenters. The molecule has 4 nitrogen and oxygen atoms in total. The summed E-state index contributed by atoms with van der Waals surface area (Å²) < 4.78 is 33.9. The number of nitrogens with one attached hydrogen (secondary N) is 1. The summed E-state index contributed by atoms with van der Waals surface area (Å²) in [6.07, 6.45) is 4.83. The highest BCUT2D eigenvalue weighted by atomic mass is 32.2. The number of hydrogen-bond donors (Lipinski definition) is 1. The second kappa shape index (κ2) is 5.32. The summed E-state index contributed by atoms with van der Waals surface area (Å²) in [5.74, 6) is 0.532. The SMILES string of the molecule is CC1OCCC1S(=O)(=O)NC1CC2CCCc3cccc1c32. The van der Waals surface area contributed by atoms with Gasteiger partial charge >= 0.3 is 0 Å². The minimum absolute atomic E-state index is 0.0594. The van der Waals surface area contributed by atoms with Crippen molar-refractivity contribution < 1.29 is 13.2 Å². The lowest BCUT2D eigenvalue weighted by Gasteiger charge is -2.20. The highest BCUT2D eigenvalue weighted by molar-refractivity contribution is 7.90. The van der Waals surface area contributed by atoms with Gasteiger partial charge in [0.2, 0.25) is 10.0 Å². The third-order valence-electron chi connectivity index (χ3n) is 5.54. The lowest BCUT2D eigenvalue weighted by molar-refractivity contribution is 0.126. The molecule has 1 aromatic rings. The number of hydrogen-bond acceptors (Lipinski definition) is 3. The van der Waals surface area contributed by atoms with Gasteiger partial charge in [0, 0.05) is 12.6 Å². The van der Waals surface area contributed by atoms with Gasteiger partial charge in [-0.15, -0.1) is 0 Å². The molecule has 22 heavy (non-hydrogen) atoms. The van der Waals surface area contributed by atoms with Crippen LogP contribution in [0.25, 0.3) is 0 Å². The second-order valence-electron chi connectivity index (χ2n) is 6.86. The van der Waals surface area contributed by atoms with Crippen LogP contribution < -0.4 is 4.72 Å². The Balaban J connectivity index is 1.62. The van der Waals surface area contributed by atoms with Crippen molar-refractivity contribution in [3.63, 3.8) is 0 Å². The molecule has 0 amide bonds. The van der Waals surface area contributed by atoms with Gasteiger partial charge in [0.1, 0.15) is 5.25 Å². The number of rotatable bonds is 3. The fourth-order valence-corrected chi connectivity index (χ4v) is 6.28. The molecule has 0 saturated carbocycles. The van der Waals surface area contributed by atoms with Gasteiger partial charge in [-0.05, 0) is 61.6 Å². The molecule has 2 aliphatic carbocycles. The van der Waals surface area contributed by atoms with Crippen molar-refractivity contribution in [3.05, 3.63) is 34.9 Å². The summed E-state index contributed by atoms with van der Waals surface area (Å²) in [4.78, 5) is 0. The predicted molar refractivity (Wildman–Crippen MR) is 85.4 cm³/mol. The summed E-state index contributed by atoms with van der Waals surface area (Å²) in [5, 5.41) is -0.414. The first-order valence-electron chi connectivity index (χ1n) is 8.30. The average molecular weight is 321 g/mol. The van der Waals surface area contributed by atoms with E-state index in [1.54, 1.807) is 0 Å². The molecule has 0 bridgehead atoms. The molecule has 1 fully saturated rings. The Morgan fingerprint density at radius 1 is 1.27 bits per heavy atom. The average Bonchev–Trinajstić information content (AvgIpc) is 3.06. The minimum Gasteiger partial charge on any atom is -0.377 e. The Hall–Kier alpha value is -0.910. The predicted octanol–water partition coefficient (Wildman–Crippen LogP) is 2.65. The van der Waals surface area contributed by atoms with Gasteiger partial charge in [-0.3, -0.25) is 0 Å². The van der Waals surface area contributed by atoms with Crippen molar-refractivity contribution in [1.82, 2.24) is 4.72 Å². The zero-order valence-electron chi connectivity index (χ0n) is 12.9. The van der Waals surface area contributed by atoms with E-state index in [9.17, 15) is 8.42 Å². The minimum atomic E-state index is -3.33. The van der Waals surface area contributed by atoms with Crippen LogP contribution in [0.4, 0.5) is 0 Å². The molecule has 0 radical (unpaired) electrons. The molecule has 5 heteroatoms. The standard InChI is InChI=1S/C17H23NO3S/c1-11-16(8-9-21-11)22(19,20)18-15-10-13-6-2-4-12-5-3-7-14(15)17(12)13/h3,5,7,11,13,15-16,18H,2,4,6,8-10H2,1H3. The normalized spacial score (nSPS) is 33.9. The maximum atomic E-state index is 12.7. The third kappa shape index (κ3) is 2.30. The van der Waals surface area contributed by atoms with Gasteiger partial charge in [-0.2, -0.15) is 0 Å². The first-order valence-corrected chi connectivity index (χ1v) is 9.85. The van der Waals surface area contributed by atoms with E-state index in [0.717, 1.165) is 12.8 Å². The second-order valence-corrected chi connectivity index (χ2v) is 8.79. The summed E-state index contributed by atoms with van der Waals surface area (Å²) in [6, 6.07) is 6.32. The van der Waals surface area contributed by atoms with Crippen LogP contribution in [0.1, 0.15) is 61.3 Å². The van der Waals surface area contributed by atoms with Gasteiger partial charge in [-0.25, -0.2) is 13.1 Å². The van der Waals surface area contributed by atoms with E-state index in [0.29, 0.717) is 18.9 Å². The Morgan fingerprint density at radius 2 is 2.14 bits per heavy atom. The zero-order valence-corrected chi connectivity index (χ0v) is 13.7. The Bertz CT molecular complexity index is 685. The van der Waals surface area contributed by atoms with Gasteiger partial charge in [-0.1, -0.05) is 18.2 Å². The molecule has 1 aromatic carbocycles. The summed E-state index contributed by atoms with van der Waals surface area (Å²) in [5.41, 5.74) is 4.06. The largest absolute Gasteiger partial charge is 0.377 e. The Labute approximate surface area is 132 Å². The molecule has 4 rings (SSSR count). The molecule has 1 heterocycles. The van der Waals surface area contributed by atoms with Crippen molar-refractivity contribution in [2.45, 2.75) is 62.3 Å². The number of aryl methyl sites for hydroxylation is 1. The first kappa shape index (κ1) is 14.7. The van der Waals surface area contributed by atoms with E-state index >= 15 is 0 Å². The molecular formula is C17H23NO3S. The van der Waals surface area contributed by atoms with Gasteiger partial charge < -0.3 is 4.74 Å². The smallest absolute Gasteiger partial charge is 0.217 e. The van der Waals surface area contributed by atoms with Crippen molar-refractivity contribution in [3.8, 4) is 0 Å². The van der Waals surface area contributed by atoms with E-state index < -0.39 is 15.3 Å². The monoisotopic (exact) mass is 321 g/mol. The Morgan fingerprint density at radius 3 is 2.91 bits per heavy atom. The van der Waals surface area contributed by atoms with Gasteiger partial charge in [0.15, 0.2) is 0 Å². The van der Waals surface area contributed by atoms with Crippen molar-refractivity contribution in [1.29, 1.82) is 0 Å². The van der Waals surface area contributed by atoms with Crippen LogP contribution in [0, 0.1) is 0 Å². The van der Waals surface area contributed by atoms with E-state index in [-0.39, 0.29) is 12.1 Å². The first-order chi connectivity index (χ1) is 10.6. The fourth-order valence-electron chi connectivity index (χ4n) is 4.50. The Kier molecular flexibility index (Phi) is 3.55.